The first-order valence-corrected chi connectivity index (χ1v) is 5.46. The molecule has 0 aliphatic carbocycles. The second-order valence-corrected chi connectivity index (χ2v) is 3.59. The summed E-state index contributed by atoms with van der Waals surface area (Å²) < 4.78 is 10.1. The zero-order valence-electron chi connectivity index (χ0n) is 8.55. The molecule has 1 aliphatic rings. The Morgan fingerprint density at radius 2 is 2.12 bits per heavy atom. The van der Waals surface area contributed by atoms with Crippen LogP contribution in [0.25, 0.3) is 0 Å². The van der Waals surface area contributed by atoms with Crippen molar-refractivity contribution in [2.24, 2.45) is 5.73 Å². The van der Waals surface area contributed by atoms with Gasteiger partial charge in [-0.25, -0.2) is 0 Å². The van der Waals surface area contributed by atoms with Crippen molar-refractivity contribution in [2.75, 3.05) is 13.1 Å². The first kappa shape index (κ1) is 15.7. The summed E-state index contributed by atoms with van der Waals surface area (Å²) in [4.78, 5) is 20.5. The average Bonchev–Trinajstić information content (AvgIpc) is 2.27. The van der Waals surface area contributed by atoms with Crippen molar-refractivity contribution in [1.82, 2.24) is 5.32 Å². The molecule has 1 aliphatic heterocycles. The van der Waals surface area contributed by atoms with E-state index in [4.69, 9.17) is 10.6 Å². The molecule has 0 aromatic heterocycles. The summed E-state index contributed by atoms with van der Waals surface area (Å²) in [6.45, 7) is 1.68. The van der Waals surface area contributed by atoms with Gasteiger partial charge in [0.15, 0.2) is 0 Å². The third-order valence-electron chi connectivity index (χ3n) is 2.00. The normalized spacial score (nSPS) is 17.8. The van der Waals surface area contributed by atoms with Crippen LogP contribution in [0.3, 0.4) is 0 Å². The third kappa shape index (κ3) is 5.66. The van der Waals surface area contributed by atoms with E-state index in [2.05, 4.69) is 15.8 Å². The Kier molecular flexibility index (Phi) is 8.57. The monoisotopic (exact) mass is 268 g/mol. The molecule has 0 aromatic carbocycles. The van der Waals surface area contributed by atoms with Crippen molar-refractivity contribution in [1.29, 1.82) is 0 Å². The molecule has 0 amide bonds. The van der Waals surface area contributed by atoms with Gasteiger partial charge in [0.25, 0.3) is 0 Å². The van der Waals surface area contributed by atoms with Crippen LogP contribution in [0.5, 0.6) is 0 Å². The molecule has 16 heavy (non-hydrogen) atoms. The SMILES string of the molecule is Cl.N[C@@H](C#P=O)C(=O)OOC1CCNCC1. The molecule has 1 fully saturated rings. The van der Waals surface area contributed by atoms with Crippen molar-refractivity contribution in [3.05, 3.63) is 0 Å². The maximum absolute atomic E-state index is 11.1. The van der Waals surface area contributed by atoms with Crippen LogP contribution in [0.15, 0.2) is 0 Å². The molecule has 0 unspecified atom stereocenters. The van der Waals surface area contributed by atoms with Crippen molar-refractivity contribution in [3.8, 4) is 5.63 Å². The first-order chi connectivity index (χ1) is 7.24. The van der Waals surface area contributed by atoms with E-state index in [0.29, 0.717) is 0 Å². The van der Waals surface area contributed by atoms with E-state index >= 15 is 0 Å². The second kappa shape index (κ2) is 8.76. The Labute approximate surface area is 101 Å². The van der Waals surface area contributed by atoms with Gasteiger partial charge in [0.2, 0.25) is 0 Å². The van der Waals surface area contributed by atoms with Crippen LogP contribution < -0.4 is 11.1 Å². The summed E-state index contributed by atoms with van der Waals surface area (Å²) in [5, 5.41) is 3.15. The van der Waals surface area contributed by atoms with Crippen LogP contribution in [0.4, 0.5) is 0 Å². The zero-order chi connectivity index (χ0) is 11.1. The van der Waals surface area contributed by atoms with E-state index in [1.807, 2.05) is 0 Å². The predicted octanol–water partition coefficient (Wildman–Crippen LogP) is 0.213. The topological polar surface area (TPSA) is 90.7 Å². The van der Waals surface area contributed by atoms with Crippen LogP contribution in [0, 0.1) is 5.63 Å². The molecule has 1 saturated heterocycles. The van der Waals surface area contributed by atoms with E-state index in [9.17, 15) is 9.36 Å². The maximum atomic E-state index is 11.1. The fourth-order valence-corrected chi connectivity index (χ4v) is 1.39. The van der Waals surface area contributed by atoms with Crippen LogP contribution in [-0.2, 0) is 19.1 Å². The minimum absolute atomic E-state index is 0. The van der Waals surface area contributed by atoms with Gasteiger partial charge in [-0.2, -0.15) is 0 Å². The number of piperidine rings is 1. The van der Waals surface area contributed by atoms with Crippen molar-refractivity contribution in [3.63, 3.8) is 0 Å². The van der Waals surface area contributed by atoms with Gasteiger partial charge in [0.05, 0.1) is 0 Å². The Morgan fingerprint density at radius 1 is 1.50 bits per heavy atom. The number of rotatable bonds is 3. The molecule has 3 N–H and O–H groups in total. The van der Waals surface area contributed by atoms with Gasteiger partial charge in [-0.1, -0.05) is 0 Å². The van der Waals surface area contributed by atoms with Crippen molar-refractivity contribution in [2.45, 2.75) is 25.0 Å². The number of nitrogens with two attached hydrogens (primary N) is 1. The molecule has 0 spiro atoms. The number of hydrogen-bond donors (Lipinski definition) is 2. The molecule has 8 heteroatoms. The zero-order valence-corrected chi connectivity index (χ0v) is 10.3. The fraction of sp³-hybridized carbons (Fsp3) is 0.750. The molecule has 0 bridgehead atoms. The summed E-state index contributed by atoms with van der Waals surface area (Å²) in [7, 11) is -0.421. The van der Waals surface area contributed by atoms with Crippen LogP contribution in [0.1, 0.15) is 12.8 Å². The predicted molar refractivity (Wildman–Crippen MR) is 59.8 cm³/mol. The van der Waals surface area contributed by atoms with Crippen LogP contribution >= 0.6 is 20.3 Å². The summed E-state index contributed by atoms with van der Waals surface area (Å²) in [5.74, 6) is -0.781. The summed E-state index contributed by atoms with van der Waals surface area (Å²) in [6.07, 6.45) is 1.48. The molecule has 6 nitrogen and oxygen atoms in total. The van der Waals surface area contributed by atoms with Gasteiger partial charge in [-0.15, -0.1) is 12.4 Å². The number of carbonyl (C=O) groups is 1. The average molecular weight is 269 g/mol. The fourth-order valence-electron chi connectivity index (χ4n) is 1.17. The molecular formula is C8H14ClN2O4P. The van der Waals surface area contributed by atoms with Crippen LogP contribution in [-0.4, -0.2) is 31.2 Å². The Hall–Kier alpha value is -0.350. The molecule has 0 radical (unpaired) electrons. The Balaban J connectivity index is 0.00000225. The second-order valence-electron chi connectivity index (χ2n) is 3.15. The van der Waals surface area contributed by atoms with Crippen molar-refractivity contribution < 1.29 is 19.1 Å². The Bertz CT molecular complexity index is 315. The first-order valence-electron chi connectivity index (χ1n) is 4.65. The molecule has 1 rings (SSSR count). The van der Waals surface area contributed by atoms with Gasteiger partial charge >= 0.3 is 87.8 Å². The number of carbonyl (C=O) groups excluding carboxylic acids is 1. The summed E-state index contributed by atoms with van der Waals surface area (Å²) in [5.41, 5.74) is 7.42. The van der Waals surface area contributed by atoms with Gasteiger partial charge in [0, 0.05) is 0 Å². The Morgan fingerprint density at radius 3 is 2.69 bits per heavy atom. The van der Waals surface area contributed by atoms with Gasteiger partial charge in [-0.3, -0.25) is 0 Å². The molecule has 92 valence electrons. The van der Waals surface area contributed by atoms with Crippen LogP contribution in [0.2, 0.25) is 0 Å². The summed E-state index contributed by atoms with van der Waals surface area (Å²) >= 11 is 0. The van der Waals surface area contributed by atoms with Crippen molar-refractivity contribution >= 4 is 26.3 Å². The van der Waals surface area contributed by atoms with E-state index < -0.39 is 19.9 Å². The molecular weight excluding hydrogens is 255 g/mol. The van der Waals surface area contributed by atoms with Gasteiger partial charge in [0.1, 0.15) is 0 Å². The van der Waals surface area contributed by atoms with Gasteiger partial charge < -0.3 is 0 Å². The van der Waals surface area contributed by atoms with Gasteiger partial charge in [-0.05, 0) is 0 Å². The number of nitrogens with one attached hydrogen (secondary N) is 1. The molecule has 0 saturated carbocycles. The quantitative estimate of drug-likeness (QED) is 0.432. The third-order valence-corrected chi connectivity index (χ3v) is 2.38. The molecule has 0 aromatic rings. The molecule has 1 atom stereocenters. The van der Waals surface area contributed by atoms with E-state index in [1.165, 1.54) is 0 Å². The van der Waals surface area contributed by atoms with E-state index in [0.717, 1.165) is 25.9 Å². The number of halogens is 1. The summed E-state index contributed by atoms with van der Waals surface area (Å²) in [6, 6.07) is -1.13. The van der Waals surface area contributed by atoms with E-state index in [1.54, 1.807) is 0 Å². The number of hydrogen-bond acceptors (Lipinski definition) is 6. The molecule has 1 heterocycles. The minimum atomic E-state index is -1.13. The van der Waals surface area contributed by atoms with E-state index in [-0.39, 0.29) is 18.5 Å². The standard InChI is InChI=1S/C8H13N2O4P.ClH/c9-7(5-15-12)8(11)14-13-6-1-3-10-4-2-6;/h6-7,10H,1-4,9H2;1H/t7-;/m0./s1.